The van der Waals surface area contributed by atoms with Crippen LogP contribution >= 0.6 is 0 Å². The highest BCUT2D eigenvalue weighted by molar-refractivity contribution is 6.00. The van der Waals surface area contributed by atoms with Gasteiger partial charge in [-0.05, 0) is 36.8 Å². The predicted octanol–water partition coefficient (Wildman–Crippen LogP) is 3.97. The summed E-state index contributed by atoms with van der Waals surface area (Å²) in [5, 5.41) is 10.8. The van der Waals surface area contributed by atoms with Crippen LogP contribution in [0.4, 0.5) is 0 Å². The normalized spacial score (nSPS) is 13.2. The molecule has 0 fully saturated rings. The lowest BCUT2D eigenvalue weighted by Crippen LogP contribution is -2.28. The van der Waals surface area contributed by atoms with Gasteiger partial charge in [0.25, 0.3) is 0 Å². The molecular formula is C21H20O4. The van der Waals surface area contributed by atoms with E-state index in [4.69, 9.17) is 9.15 Å². The van der Waals surface area contributed by atoms with Crippen molar-refractivity contribution in [3.05, 3.63) is 89.4 Å². The molecule has 0 saturated carbocycles. The summed E-state index contributed by atoms with van der Waals surface area (Å²) in [6.45, 7) is 1.83. The smallest absolute Gasteiger partial charge is 0.192 e. The van der Waals surface area contributed by atoms with E-state index in [-0.39, 0.29) is 5.78 Å². The van der Waals surface area contributed by atoms with Gasteiger partial charge < -0.3 is 14.3 Å². The fourth-order valence-electron chi connectivity index (χ4n) is 2.86. The molecule has 25 heavy (non-hydrogen) atoms. The van der Waals surface area contributed by atoms with Crippen LogP contribution in [0.25, 0.3) is 0 Å². The highest BCUT2D eigenvalue weighted by atomic mass is 16.5. The molecule has 0 amide bonds. The summed E-state index contributed by atoms with van der Waals surface area (Å²) in [7, 11) is 1.59. The third kappa shape index (κ3) is 3.64. The number of aliphatic hydroxyl groups is 1. The van der Waals surface area contributed by atoms with E-state index in [0.717, 1.165) is 11.3 Å². The molecule has 0 radical (unpaired) electrons. The molecule has 2 atom stereocenters. The van der Waals surface area contributed by atoms with Gasteiger partial charge in [-0.25, -0.2) is 0 Å². The van der Waals surface area contributed by atoms with Crippen molar-refractivity contribution in [2.75, 3.05) is 7.11 Å². The fourth-order valence-corrected chi connectivity index (χ4v) is 2.86. The van der Waals surface area contributed by atoms with Crippen molar-refractivity contribution in [3.63, 3.8) is 0 Å². The third-order valence-corrected chi connectivity index (χ3v) is 4.19. The van der Waals surface area contributed by atoms with Crippen LogP contribution in [0.5, 0.6) is 5.75 Å². The fraction of sp³-hybridized carbons (Fsp3) is 0.190. The van der Waals surface area contributed by atoms with Gasteiger partial charge in [0.2, 0.25) is 0 Å². The first-order valence-corrected chi connectivity index (χ1v) is 8.08. The standard InChI is InChI=1S/C21H20O4/c1-14-8-13-18(25-14)19(15-9-11-17(24-2)12-10-15)21(23)20(22)16-6-4-3-5-7-16/h3-13,19,21,23H,1-2H3/t19-,21+/m1/s1. The van der Waals surface area contributed by atoms with E-state index in [1.807, 2.05) is 31.2 Å². The van der Waals surface area contributed by atoms with E-state index in [9.17, 15) is 9.90 Å². The second-order valence-electron chi connectivity index (χ2n) is 5.87. The number of aliphatic hydroxyl groups excluding tert-OH is 1. The predicted molar refractivity (Wildman–Crippen MR) is 95.1 cm³/mol. The maximum Gasteiger partial charge on any atom is 0.192 e. The zero-order valence-electron chi connectivity index (χ0n) is 14.2. The lowest BCUT2D eigenvalue weighted by molar-refractivity contribution is 0.0699. The maximum atomic E-state index is 12.7. The molecule has 0 bridgehead atoms. The van der Waals surface area contributed by atoms with Crippen LogP contribution in [-0.2, 0) is 0 Å². The molecule has 0 saturated heterocycles. The Bertz CT molecular complexity index is 834. The van der Waals surface area contributed by atoms with Gasteiger partial charge in [0.1, 0.15) is 23.4 Å². The number of benzene rings is 2. The number of Topliss-reactive ketones (excluding diaryl/α,β-unsaturated/α-hetero) is 1. The van der Waals surface area contributed by atoms with E-state index < -0.39 is 12.0 Å². The molecule has 0 aliphatic heterocycles. The molecule has 1 aromatic heterocycles. The summed E-state index contributed by atoms with van der Waals surface area (Å²) >= 11 is 0. The van der Waals surface area contributed by atoms with Gasteiger partial charge in [-0.1, -0.05) is 42.5 Å². The minimum Gasteiger partial charge on any atom is -0.497 e. The van der Waals surface area contributed by atoms with Crippen LogP contribution in [0.15, 0.2) is 71.1 Å². The quantitative estimate of drug-likeness (QED) is 0.692. The molecule has 0 aliphatic carbocycles. The number of hydrogen-bond donors (Lipinski definition) is 1. The van der Waals surface area contributed by atoms with Gasteiger partial charge in [-0.15, -0.1) is 0 Å². The van der Waals surface area contributed by atoms with Crippen molar-refractivity contribution in [1.82, 2.24) is 0 Å². The molecule has 3 aromatic rings. The Morgan fingerprint density at radius 3 is 2.24 bits per heavy atom. The van der Waals surface area contributed by atoms with Crippen molar-refractivity contribution in [2.24, 2.45) is 0 Å². The lowest BCUT2D eigenvalue weighted by Gasteiger charge is -2.21. The van der Waals surface area contributed by atoms with E-state index in [2.05, 4.69) is 0 Å². The van der Waals surface area contributed by atoms with Gasteiger partial charge in [0, 0.05) is 5.56 Å². The van der Waals surface area contributed by atoms with E-state index >= 15 is 0 Å². The van der Waals surface area contributed by atoms with Gasteiger partial charge in [-0.3, -0.25) is 4.79 Å². The number of carbonyl (C=O) groups is 1. The first kappa shape index (κ1) is 17.0. The van der Waals surface area contributed by atoms with Gasteiger partial charge in [0.15, 0.2) is 5.78 Å². The summed E-state index contributed by atoms with van der Waals surface area (Å²) in [5.74, 6) is 1.07. The Labute approximate surface area is 146 Å². The second kappa shape index (κ2) is 7.36. The van der Waals surface area contributed by atoms with Crippen LogP contribution in [0.3, 0.4) is 0 Å². The monoisotopic (exact) mass is 336 g/mol. The van der Waals surface area contributed by atoms with Crippen LogP contribution in [0.2, 0.25) is 0 Å². The summed E-state index contributed by atoms with van der Waals surface area (Å²) in [6.07, 6.45) is -1.25. The Kier molecular flexibility index (Phi) is 5.00. The third-order valence-electron chi connectivity index (χ3n) is 4.19. The zero-order valence-corrected chi connectivity index (χ0v) is 14.2. The summed E-state index contributed by atoms with van der Waals surface area (Å²) < 4.78 is 10.9. The topological polar surface area (TPSA) is 59.7 Å². The molecule has 1 heterocycles. The van der Waals surface area contributed by atoms with E-state index in [0.29, 0.717) is 17.1 Å². The Hall–Kier alpha value is -2.85. The SMILES string of the molecule is COc1ccc([C@H](c2ccc(C)o2)[C@H](O)C(=O)c2ccccc2)cc1. The second-order valence-corrected chi connectivity index (χ2v) is 5.87. The van der Waals surface area contributed by atoms with Crippen LogP contribution < -0.4 is 4.74 Å². The Morgan fingerprint density at radius 2 is 1.68 bits per heavy atom. The van der Waals surface area contributed by atoms with Crippen molar-refractivity contribution < 1.29 is 19.1 Å². The number of aryl methyl sites for hydroxylation is 1. The molecule has 3 rings (SSSR count). The average molecular weight is 336 g/mol. The minimum absolute atomic E-state index is 0.338. The van der Waals surface area contributed by atoms with Crippen molar-refractivity contribution in [3.8, 4) is 5.75 Å². The van der Waals surface area contributed by atoms with Crippen molar-refractivity contribution in [1.29, 1.82) is 0 Å². The number of ketones is 1. The summed E-state index contributed by atoms with van der Waals surface area (Å²) in [5.41, 5.74) is 1.25. The van der Waals surface area contributed by atoms with E-state index in [1.165, 1.54) is 0 Å². The molecule has 128 valence electrons. The first-order valence-electron chi connectivity index (χ1n) is 8.08. The molecule has 2 aromatic carbocycles. The highest BCUT2D eigenvalue weighted by Crippen LogP contribution is 2.32. The minimum atomic E-state index is -1.25. The Morgan fingerprint density at radius 1 is 1.00 bits per heavy atom. The molecular weight excluding hydrogens is 316 g/mol. The van der Waals surface area contributed by atoms with Crippen LogP contribution in [0.1, 0.15) is 33.4 Å². The highest BCUT2D eigenvalue weighted by Gasteiger charge is 2.32. The molecule has 0 spiro atoms. The zero-order chi connectivity index (χ0) is 17.8. The number of methoxy groups -OCH3 is 1. The van der Waals surface area contributed by atoms with E-state index in [1.54, 1.807) is 49.6 Å². The number of rotatable bonds is 6. The van der Waals surface area contributed by atoms with Gasteiger partial charge >= 0.3 is 0 Å². The number of hydrogen-bond acceptors (Lipinski definition) is 4. The molecule has 4 heteroatoms. The van der Waals surface area contributed by atoms with Crippen LogP contribution in [-0.4, -0.2) is 24.1 Å². The Balaban J connectivity index is 1.99. The van der Waals surface area contributed by atoms with Gasteiger partial charge in [0.05, 0.1) is 13.0 Å². The number of furan rings is 1. The van der Waals surface area contributed by atoms with Crippen LogP contribution in [0, 0.1) is 6.92 Å². The number of carbonyl (C=O) groups excluding carboxylic acids is 1. The van der Waals surface area contributed by atoms with Crippen molar-refractivity contribution in [2.45, 2.75) is 18.9 Å². The number of ether oxygens (including phenoxy) is 1. The molecule has 0 aliphatic rings. The van der Waals surface area contributed by atoms with Gasteiger partial charge in [-0.2, -0.15) is 0 Å². The largest absolute Gasteiger partial charge is 0.497 e. The average Bonchev–Trinajstić information content (AvgIpc) is 3.08. The maximum absolute atomic E-state index is 12.7. The molecule has 1 N–H and O–H groups in total. The summed E-state index contributed by atoms with van der Waals surface area (Å²) in [6, 6.07) is 19.7. The molecule has 4 nitrogen and oxygen atoms in total. The summed E-state index contributed by atoms with van der Waals surface area (Å²) in [4.78, 5) is 12.7. The first-order chi connectivity index (χ1) is 12.1. The molecule has 0 unspecified atom stereocenters. The van der Waals surface area contributed by atoms with Crippen molar-refractivity contribution >= 4 is 5.78 Å². The lowest BCUT2D eigenvalue weighted by atomic mass is 9.87.